The van der Waals surface area contributed by atoms with E-state index in [0.29, 0.717) is 17.9 Å². The topological polar surface area (TPSA) is 59.8 Å². The summed E-state index contributed by atoms with van der Waals surface area (Å²) in [5.41, 5.74) is 2.73. The van der Waals surface area contributed by atoms with Gasteiger partial charge < -0.3 is 5.32 Å². The van der Waals surface area contributed by atoms with Crippen molar-refractivity contribution in [2.24, 2.45) is 0 Å². The average molecular weight is 279 g/mol. The van der Waals surface area contributed by atoms with Crippen LogP contribution in [-0.4, -0.2) is 20.7 Å². The molecule has 2 aromatic heterocycles. The van der Waals surface area contributed by atoms with Crippen molar-refractivity contribution in [1.82, 2.24) is 14.8 Å². The zero-order chi connectivity index (χ0) is 14.0. The number of hydrogen-bond acceptors (Lipinski definition) is 3. The third-order valence-electron chi connectivity index (χ3n) is 2.79. The Morgan fingerprint density at radius 2 is 2.21 bits per heavy atom. The summed E-state index contributed by atoms with van der Waals surface area (Å²) in [5, 5.41) is 7.32. The summed E-state index contributed by atoms with van der Waals surface area (Å²) in [6.07, 6.45) is 1.60. The summed E-state index contributed by atoms with van der Waals surface area (Å²) in [6, 6.07) is 3.54. The molecule has 2 rings (SSSR count). The molecule has 100 valence electrons. The van der Waals surface area contributed by atoms with Gasteiger partial charge in [0.2, 0.25) is 0 Å². The number of nitrogens with one attached hydrogen (secondary N) is 1. The van der Waals surface area contributed by atoms with E-state index in [1.165, 1.54) is 0 Å². The van der Waals surface area contributed by atoms with Gasteiger partial charge in [-0.25, -0.2) is 4.98 Å². The highest BCUT2D eigenvalue weighted by atomic mass is 35.5. The van der Waals surface area contributed by atoms with E-state index in [-0.39, 0.29) is 11.1 Å². The van der Waals surface area contributed by atoms with Crippen LogP contribution in [0.4, 0.5) is 5.69 Å². The zero-order valence-electron chi connectivity index (χ0n) is 11.1. The van der Waals surface area contributed by atoms with E-state index >= 15 is 0 Å². The van der Waals surface area contributed by atoms with Gasteiger partial charge in [0, 0.05) is 12.7 Å². The van der Waals surface area contributed by atoms with E-state index < -0.39 is 0 Å². The van der Waals surface area contributed by atoms with Gasteiger partial charge in [0.1, 0.15) is 5.69 Å². The molecule has 0 aliphatic heterocycles. The number of aromatic nitrogens is 3. The van der Waals surface area contributed by atoms with Gasteiger partial charge in [-0.15, -0.1) is 0 Å². The molecule has 1 amide bonds. The van der Waals surface area contributed by atoms with Crippen molar-refractivity contribution in [3.8, 4) is 0 Å². The van der Waals surface area contributed by atoms with E-state index in [2.05, 4.69) is 15.4 Å². The molecule has 0 spiro atoms. The number of carbonyl (C=O) groups excluding carboxylic acids is 1. The molecule has 2 aromatic rings. The van der Waals surface area contributed by atoms with E-state index in [1.807, 2.05) is 20.8 Å². The maximum atomic E-state index is 12.3. The minimum atomic E-state index is -0.236. The molecule has 1 N–H and O–H groups in total. The second-order valence-corrected chi connectivity index (χ2v) is 4.59. The fraction of sp³-hybridized carbons (Fsp3) is 0.308. The third-order valence-corrected chi connectivity index (χ3v) is 3.07. The van der Waals surface area contributed by atoms with Gasteiger partial charge in [-0.3, -0.25) is 9.48 Å². The van der Waals surface area contributed by atoms with Crippen molar-refractivity contribution in [1.29, 1.82) is 0 Å². The third kappa shape index (κ3) is 2.76. The molecule has 5 nitrogen and oxygen atoms in total. The number of amides is 1. The van der Waals surface area contributed by atoms with Crippen LogP contribution in [0.3, 0.4) is 0 Å². The molecule has 6 heteroatoms. The van der Waals surface area contributed by atoms with Crippen molar-refractivity contribution in [3.05, 3.63) is 40.4 Å². The first-order valence-corrected chi connectivity index (χ1v) is 6.37. The number of rotatable bonds is 3. The fourth-order valence-corrected chi connectivity index (χ4v) is 2.07. The largest absolute Gasteiger partial charge is 0.318 e. The van der Waals surface area contributed by atoms with Crippen LogP contribution in [0.5, 0.6) is 0 Å². The van der Waals surface area contributed by atoms with E-state index in [1.54, 1.807) is 23.0 Å². The summed E-state index contributed by atoms with van der Waals surface area (Å²) >= 11 is 5.99. The smallest absolute Gasteiger partial charge is 0.274 e. The number of hydrogen-bond donors (Lipinski definition) is 1. The lowest BCUT2D eigenvalue weighted by Gasteiger charge is -2.10. The van der Waals surface area contributed by atoms with E-state index in [9.17, 15) is 4.79 Å². The monoisotopic (exact) mass is 278 g/mol. The Bertz CT molecular complexity index is 601. The minimum absolute atomic E-state index is 0.236. The molecule has 2 heterocycles. The lowest BCUT2D eigenvalue weighted by molar-refractivity contribution is 0.101. The lowest BCUT2D eigenvalue weighted by Crippen LogP contribution is -2.18. The van der Waals surface area contributed by atoms with Crippen LogP contribution >= 0.6 is 11.6 Å². The molecule has 0 aromatic carbocycles. The summed E-state index contributed by atoms with van der Waals surface area (Å²) in [6.45, 7) is 6.29. The van der Waals surface area contributed by atoms with Crippen LogP contribution in [0.15, 0.2) is 18.3 Å². The average Bonchev–Trinajstić information content (AvgIpc) is 2.75. The number of anilines is 1. The molecular weight excluding hydrogens is 264 g/mol. The maximum Gasteiger partial charge on any atom is 0.274 e. The first-order valence-electron chi connectivity index (χ1n) is 5.99. The lowest BCUT2D eigenvalue weighted by atomic mass is 10.2. The van der Waals surface area contributed by atoms with Gasteiger partial charge in [0.15, 0.2) is 5.15 Å². The first kappa shape index (κ1) is 13.5. The van der Waals surface area contributed by atoms with Crippen LogP contribution in [0.1, 0.15) is 28.7 Å². The number of carbonyl (C=O) groups is 1. The van der Waals surface area contributed by atoms with Crippen molar-refractivity contribution < 1.29 is 4.79 Å². The molecule has 0 radical (unpaired) electrons. The van der Waals surface area contributed by atoms with Crippen molar-refractivity contribution >= 4 is 23.2 Å². The van der Waals surface area contributed by atoms with Crippen LogP contribution < -0.4 is 5.32 Å². The fourth-order valence-electron chi connectivity index (χ4n) is 1.82. The van der Waals surface area contributed by atoms with Crippen LogP contribution in [0.25, 0.3) is 0 Å². The molecule has 19 heavy (non-hydrogen) atoms. The predicted molar refractivity (Wildman–Crippen MR) is 74.6 cm³/mol. The Hall–Kier alpha value is -1.88. The number of halogens is 1. The summed E-state index contributed by atoms with van der Waals surface area (Å²) < 4.78 is 1.66. The van der Waals surface area contributed by atoms with Crippen LogP contribution in [0, 0.1) is 13.8 Å². The van der Waals surface area contributed by atoms with Gasteiger partial charge >= 0.3 is 0 Å². The Morgan fingerprint density at radius 3 is 2.84 bits per heavy atom. The van der Waals surface area contributed by atoms with Crippen molar-refractivity contribution in [3.63, 3.8) is 0 Å². The molecule has 0 aliphatic carbocycles. The molecule has 0 fully saturated rings. The second-order valence-electron chi connectivity index (χ2n) is 4.23. The Balaban J connectivity index is 2.31. The van der Waals surface area contributed by atoms with Crippen LogP contribution in [0.2, 0.25) is 5.15 Å². The van der Waals surface area contributed by atoms with E-state index in [0.717, 1.165) is 11.3 Å². The summed E-state index contributed by atoms with van der Waals surface area (Å²) in [4.78, 5) is 16.2. The highest BCUT2D eigenvalue weighted by molar-refractivity contribution is 6.32. The zero-order valence-corrected chi connectivity index (χ0v) is 11.8. The quantitative estimate of drug-likeness (QED) is 0.878. The van der Waals surface area contributed by atoms with Gasteiger partial charge in [-0.05, 0) is 38.5 Å². The Labute approximate surface area is 116 Å². The van der Waals surface area contributed by atoms with Gasteiger partial charge in [-0.2, -0.15) is 5.10 Å². The first-order chi connectivity index (χ1) is 9.02. The normalized spacial score (nSPS) is 10.5. The number of pyridine rings is 1. The van der Waals surface area contributed by atoms with Gasteiger partial charge in [-0.1, -0.05) is 11.6 Å². The van der Waals surface area contributed by atoms with Crippen LogP contribution in [-0.2, 0) is 6.54 Å². The second kappa shape index (κ2) is 5.40. The van der Waals surface area contributed by atoms with Gasteiger partial charge in [0.25, 0.3) is 5.91 Å². The summed E-state index contributed by atoms with van der Waals surface area (Å²) in [7, 11) is 0. The molecular formula is C13H15ClN4O. The van der Waals surface area contributed by atoms with E-state index in [4.69, 9.17) is 11.6 Å². The summed E-state index contributed by atoms with van der Waals surface area (Å²) in [5.74, 6) is -0.236. The highest BCUT2D eigenvalue weighted by Gasteiger charge is 2.15. The Kier molecular flexibility index (Phi) is 3.85. The van der Waals surface area contributed by atoms with Gasteiger partial charge in [0.05, 0.1) is 11.4 Å². The number of nitrogens with zero attached hydrogens (tertiary/aromatic N) is 3. The molecule has 0 atom stereocenters. The molecule has 0 bridgehead atoms. The number of aryl methyl sites for hydroxylation is 3. The SMILES string of the molecule is CCn1nc(C)cc1C(=O)Nc1c(C)ccnc1Cl. The Morgan fingerprint density at radius 1 is 1.47 bits per heavy atom. The molecule has 0 unspecified atom stereocenters. The highest BCUT2D eigenvalue weighted by Crippen LogP contribution is 2.23. The molecule has 0 saturated carbocycles. The predicted octanol–water partition coefficient (Wildman–Crippen LogP) is 2.82. The standard InChI is InChI=1S/C13H15ClN4O/c1-4-18-10(7-9(3)17-18)13(19)16-11-8(2)5-6-15-12(11)14/h5-7H,4H2,1-3H3,(H,16,19). The minimum Gasteiger partial charge on any atom is -0.318 e. The van der Waals surface area contributed by atoms with Crippen molar-refractivity contribution in [2.45, 2.75) is 27.3 Å². The molecule has 0 saturated heterocycles. The van der Waals surface area contributed by atoms with Crippen molar-refractivity contribution in [2.75, 3.05) is 5.32 Å². The molecule has 0 aliphatic rings. The maximum absolute atomic E-state index is 12.3.